The molecule has 0 saturated carbocycles. The Morgan fingerprint density at radius 1 is 1.40 bits per heavy atom. The van der Waals surface area contributed by atoms with Gasteiger partial charge in [0.2, 0.25) is 0 Å². The van der Waals surface area contributed by atoms with Crippen LogP contribution >= 0.6 is 11.5 Å². The molecule has 10 nitrogen and oxygen atoms in total. The zero-order valence-corrected chi connectivity index (χ0v) is 10.6. The van der Waals surface area contributed by atoms with Crippen LogP contribution < -0.4 is 0 Å². The lowest BCUT2D eigenvalue weighted by atomic mass is 9.99. The van der Waals surface area contributed by atoms with Gasteiger partial charge < -0.3 is 30.0 Å². The summed E-state index contributed by atoms with van der Waals surface area (Å²) in [6.07, 6.45) is -5.74. The fourth-order valence-corrected chi connectivity index (χ4v) is 1.89. The summed E-state index contributed by atoms with van der Waals surface area (Å²) in [6, 6.07) is 0. The average Bonchev–Trinajstić information content (AvgIpc) is 2.91. The molecule has 0 radical (unpaired) electrons. The van der Waals surface area contributed by atoms with Crippen LogP contribution in [0.5, 0.6) is 0 Å². The molecule has 2 heterocycles. The van der Waals surface area contributed by atoms with Crippen LogP contribution in [-0.4, -0.2) is 72.9 Å². The number of hydrogen-bond donors (Lipinski definition) is 4. The Balaban J connectivity index is 2.01. The Morgan fingerprint density at radius 3 is 2.75 bits per heavy atom. The highest BCUT2D eigenvalue weighted by atomic mass is 32.1. The van der Waals surface area contributed by atoms with Crippen molar-refractivity contribution in [3.05, 3.63) is 11.1 Å². The minimum atomic E-state index is -1.77. The van der Waals surface area contributed by atoms with Crippen molar-refractivity contribution in [3.63, 3.8) is 0 Å². The van der Waals surface area contributed by atoms with Gasteiger partial charge in [0.25, 0.3) is 6.29 Å². The lowest BCUT2D eigenvalue weighted by Gasteiger charge is -2.36. The van der Waals surface area contributed by atoms with E-state index < -0.39 is 36.7 Å². The van der Waals surface area contributed by atoms with Crippen molar-refractivity contribution in [2.45, 2.75) is 30.7 Å². The first-order valence-electron chi connectivity index (χ1n) is 5.39. The lowest BCUT2D eigenvalue weighted by Crippen LogP contribution is -2.60. The van der Waals surface area contributed by atoms with Crippen LogP contribution in [0.3, 0.4) is 0 Å². The summed E-state index contributed by atoms with van der Waals surface area (Å²) in [4.78, 5) is 16.2. The van der Waals surface area contributed by atoms with Gasteiger partial charge >= 0.3 is 5.97 Å². The monoisotopic (exact) mass is 305 g/mol. The fraction of sp³-hybridized carbons (Fsp3) is 0.556. The third kappa shape index (κ3) is 3.08. The largest absolute Gasteiger partial charge is 0.479 e. The van der Waals surface area contributed by atoms with Crippen LogP contribution in [-0.2, 0) is 14.4 Å². The van der Waals surface area contributed by atoms with Crippen LogP contribution in [0.15, 0.2) is 11.4 Å². The molecule has 1 aromatic rings. The number of aromatic nitrogens is 2. The van der Waals surface area contributed by atoms with E-state index in [4.69, 9.17) is 14.7 Å². The number of rotatable bonds is 4. The van der Waals surface area contributed by atoms with E-state index in [1.54, 1.807) is 0 Å². The highest BCUT2D eigenvalue weighted by Gasteiger charge is 2.48. The molecule has 1 aliphatic rings. The van der Waals surface area contributed by atoms with Crippen molar-refractivity contribution < 1.29 is 34.8 Å². The molecule has 0 amide bonds. The number of carboxylic acid groups (broad SMARTS) is 1. The predicted molar refractivity (Wildman–Crippen MR) is 62.9 cm³/mol. The van der Waals surface area contributed by atoms with Gasteiger partial charge in [-0.25, -0.2) is 4.79 Å². The van der Waals surface area contributed by atoms with Gasteiger partial charge in [-0.2, -0.15) is 0 Å². The van der Waals surface area contributed by atoms with Crippen LogP contribution in [0.2, 0.25) is 0 Å². The van der Waals surface area contributed by atoms with E-state index >= 15 is 0 Å². The first-order valence-corrected chi connectivity index (χ1v) is 6.17. The average molecular weight is 305 g/mol. The molecule has 0 aromatic carbocycles. The topological polar surface area (TPSA) is 155 Å². The maximum atomic E-state index is 10.8. The number of carbonyl (C=O) groups is 1. The lowest BCUT2D eigenvalue weighted by molar-refractivity contribution is -0.294. The summed E-state index contributed by atoms with van der Waals surface area (Å²) in [6.45, 7) is 0. The van der Waals surface area contributed by atoms with Crippen molar-refractivity contribution in [2.24, 2.45) is 5.16 Å². The Kier molecular flexibility index (Phi) is 4.57. The van der Waals surface area contributed by atoms with Crippen molar-refractivity contribution in [2.75, 3.05) is 0 Å². The summed E-state index contributed by atoms with van der Waals surface area (Å²) in [7, 11) is 0. The quantitative estimate of drug-likeness (QED) is 0.357. The minimum absolute atomic E-state index is 0.561. The standard InChI is InChI=1S/C9H11N3O7S/c13-4-5(14)7(8(16)17)18-9(6(4)15)19-11-2-3-1-10-12-20-3/h1-2,4-7,9,13-15H,(H,16,17)/t4-,5-,6+,7-,9-/m0/s1. The van der Waals surface area contributed by atoms with Gasteiger partial charge in [-0.1, -0.05) is 9.64 Å². The van der Waals surface area contributed by atoms with Crippen molar-refractivity contribution in [1.82, 2.24) is 9.59 Å². The third-order valence-electron chi connectivity index (χ3n) is 2.54. The molecule has 4 N–H and O–H groups in total. The highest BCUT2D eigenvalue weighted by Crippen LogP contribution is 2.22. The summed E-state index contributed by atoms with van der Waals surface area (Å²) in [5, 5.41) is 44.4. The Hall–Kier alpha value is -1.66. The van der Waals surface area contributed by atoms with Crippen LogP contribution in [0.1, 0.15) is 4.88 Å². The summed E-state index contributed by atoms with van der Waals surface area (Å²) in [5.41, 5.74) is 0. The molecule has 110 valence electrons. The Morgan fingerprint density at radius 2 is 2.15 bits per heavy atom. The number of hydrogen-bond acceptors (Lipinski definition) is 10. The van der Waals surface area contributed by atoms with Crippen LogP contribution in [0.25, 0.3) is 0 Å². The number of aliphatic hydroxyl groups is 3. The summed E-state index contributed by atoms with van der Waals surface area (Å²) in [5.74, 6) is -1.49. The zero-order valence-electron chi connectivity index (χ0n) is 9.80. The van der Waals surface area contributed by atoms with E-state index in [2.05, 4.69) is 14.7 Å². The first kappa shape index (κ1) is 14.7. The maximum absolute atomic E-state index is 10.8. The number of ether oxygens (including phenoxy) is 1. The Bertz CT molecular complexity index is 482. The van der Waals surface area contributed by atoms with Gasteiger partial charge in [0.1, 0.15) is 18.3 Å². The SMILES string of the molecule is O=C(O)[C@H]1O[C@@H](ON=Cc2cnns2)[C@H](O)[C@@H](O)[C@@H]1O. The van der Waals surface area contributed by atoms with E-state index in [1.807, 2.05) is 0 Å². The molecule has 1 aliphatic heterocycles. The molecule has 1 aromatic heterocycles. The number of aliphatic carboxylic acids is 1. The minimum Gasteiger partial charge on any atom is -0.479 e. The fourth-order valence-electron chi connectivity index (χ4n) is 1.51. The predicted octanol–water partition coefficient (Wildman–Crippen LogP) is -2.22. The molecule has 2 rings (SSSR count). The molecule has 5 atom stereocenters. The van der Waals surface area contributed by atoms with E-state index in [-0.39, 0.29) is 0 Å². The zero-order chi connectivity index (χ0) is 14.7. The van der Waals surface area contributed by atoms with Crippen molar-refractivity contribution in [3.8, 4) is 0 Å². The number of nitrogens with zero attached hydrogens (tertiary/aromatic N) is 3. The van der Waals surface area contributed by atoms with Crippen molar-refractivity contribution in [1.29, 1.82) is 0 Å². The van der Waals surface area contributed by atoms with Gasteiger partial charge in [-0.3, -0.25) is 0 Å². The van der Waals surface area contributed by atoms with Crippen LogP contribution in [0, 0.1) is 0 Å². The van der Waals surface area contributed by atoms with E-state index in [9.17, 15) is 20.1 Å². The maximum Gasteiger partial charge on any atom is 0.335 e. The molecule has 1 fully saturated rings. The van der Waals surface area contributed by atoms with Gasteiger partial charge in [0.15, 0.2) is 6.10 Å². The van der Waals surface area contributed by atoms with Gasteiger partial charge in [0, 0.05) is 0 Å². The first-order chi connectivity index (χ1) is 9.50. The number of oxime groups is 1. The van der Waals surface area contributed by atoms with E-state index in [0.29, 0.717) is 4.88 Å². The smallest absolute Gasteiger partial charge is 0.335 e. The number of aliphatic hydroxyl groups excluding tert-OH is 3. The Labute approximate surface area is 116 Å². The molecule has 0 bridgehead atoms. The van der Waals surface area contributed by atoms with E-state index in [0.717, 1.165) is 11.5 Å². The van der Waals surface area contributed by atoms with Crippen molar-refractivity contribution >= 4 is 23.7 Å². The second-order valence-corrected chi connectivity index (χ2v) is 4.71. The van der Waals surface area contributed by atoms with Crippen LogP contribution in [0.4, 0.5) is 0 Å². The second kappa shape index (κ2) is 6.19. The summed E-state index contributed by atoms with van der Waals surface area (Å²) < 4.78 is 8.41. The van der Waals surface area contributed by atoms with Gasteiger partial charge in [-0.05, 0) is 11.5 Å². The third-order valence-corrected chi connectivity index (χ3v) is 3.13. The normalized spacial score (nSPS) is 34.2. The molecule has 20 heavy (non-hydrogen) atoms. The van der Waals surface area contributed by atoms with Gasteiger partial charge in [-0.15, -0.1) is 5.10 Å². The molecular formula is C9H11N3O7S. The molecule has 1 saturated heterocycles. The molecule has 11 heteroatoms. The highest BCUT2D eigenvalue weighted by molar-refractivity contribution is 7.07. The second-order valence-electron chi connectivity index (χ2n) is 3.89. The summed E-state index contributed by atoms with van der Waals surface area (Å²) >= 11 is 1.04. The molecule has 0 unspecified atom stereocenters. The van der Waals surface area contributed by atoms with Gasteiger partial charge in [0.05, 0.1) is 17.3 Å². The molecule has 0 aliphatic carbocycles. The number of carboxylic acids is 1. The molecular weight excluding hydrogens is 294 g/mol. The molecule has 0 spiro atoms. The van der Waals surface area contributed by atoms with E-state index in [1.165, 1.54) is 12.4 Å².